The molecule has 1 unspecified atom stereocenters. The molecule has 0 spiro atoms. The van der Waals surface area contributed by atoms with Crippen LogP contribution >= 0.6 is 0 Å². The Hall–Kier alpha value is -2.45. The van der Waals surface area contributed by atoms with E-state index in [1.54, 1.807) is 0 Å². The number of hydrogen-bond donors (Lipinski definition) is 3. The fourth-order valence-electron chi connectivity index (χ4n) is 3.71. The number of halogens is 6. The van der Waals surface area contributed by atoms with Crippen molar-refractivity contribution in [1.82, 2.24) is 10.3 Å². The molecule has 2 heterocycles. The molecule has 0 radical (unpaired) electrons. The van der Waals surface area contributed by atoms with E-state index < -0.39 is 72.3 Å². The van der Waals surface area contributed by atoms with Crippen molar-refractivity contribution in [1.29, 1.82) is 0 Å². The molecule has 0 saturated carbocycles. The van der Waals surface area contributed by atoms with Crippen LogP contribution in [0.4, 0.5) is 26.3 Å². The van der Waals surface area contributed by atoms with Gasteiger partial charge in [0.2, 0.25) is 11.4 Å². The predicted molar refractivity (Wildman–Crippen MR) is 92.4 cm³/mol. The Morgan fingerprint density at radius 1 is 1.00 bits per heavy atom. The van der Waals surface area contributed by atoms with Crippen molar-refractivity contribution in [3.63, 3.8) is 0 Å². The number of aliphatic hydroxyl groups is 2. The Balaban J connectivity index is 2.93. The van der Waals surface area contributed by atoms with E-state index in [0.29, 0.717) is 5.32 Å². The van der Waals surface area contributed by atoms with Crippen LogP contribution in [0.1, 0.15) is 25.3 Å². The molecule has 0 aliphatic carbocycles. The molecular formula is C18H20F6N2O6. The van der Waals surface area contributed by atoms with E-state index >= 15 is 0 Å². The third-order valence-corrected chi connectivity index (χ3v) is 5.01. The summed E-state index contributed by atoms with van der Waals surface area (Å²) >= 11 is 0. The normalized spacial score (nSPS) is 31.1. The highest BCUT2D eigenvalue weighted by atomic mass is 19.4. The van der Waals surface area contributed by atoms with Crippen molar-refractivity contribution in [2.75, 3.05) is 13.2 Å². The minimum atomic E-state index is -5.93. The number of ether oxygens (including phenoxy) is 2. The summed E-state index contributed by atoms with van der Waals surface area (Å²) in [7, 11) is 0. The molecule has 0 amide bonds. The Kier molecular flexibility index (Phi) is 7.12. The van der Waals surface area contributed by atoms with Crippen LogP contribution in [-0.2, 0) is 19.1 Å². The largest absolute Gasteiger partial charge is 0.466 e. The van der Waals surface area contributed by atoms with Gasteiger partial charge >= 0.3 is 24.3 Å². The number of rotatable bonds is 5. The van der Waals surface area contributed by atoms with Crippen molar-refractivity contribution in [3.8, 4) is 0 Å². The molecular weight excluding hydrogens is 454 g/mol. The van der Waals surface area contributed by atoms with Crippen molar-refractivity contribution in [2.45, 2.75) is 43.6 Å². The first-order valence-corrected chi connectivity index (χ1v) is 9.26. The molecule has 180 valence electrons. The summed E-state index contributed by atoms with van der Waals surface area (Å²) in [5.74, 6) is -11.6. The number of nitrogens with zero attached hydrogens (tertiary/aromatic N) is 1. The van der Waals surface area contributed by atoms with Gasteiger partial charge in [-0.25, -0.2) is 5.32 Å². The van der Waals surface area contributed by atoms with E-state index in [1.807, 2.05) is 0 Å². The van der Waals surface area contributed by atoms with E-state index in [-0.39, 0.29) is 0 Å². The predicted octanol–water partition coefficient (Wildman–Crippen LogP) is 1.63. The average Bonchev–Trinajstić information content (AvgIpc) is 2.66. The molecule has 1 fully saturated rings. The summed E-state index contributed by atoms with van der Waals surface area (Å²) in [4.78, 5) is 28.8. The first kappa shape index (κ1) is 25.8. The molecule has 5 atom stereocenters. The number of aromatic nitrogens is 1. The van der Waals surface area contributed by atoms with Gasteiger partial charge in [0.25, 0.3) is 0 Å². The fourth-order valence-corrected chi connectivity index (χ4v) is 3.71. The van der Waals surface area contributed by atoms with E-state index in [4.69, 9.17) is 0 Å². The minimum absolute atomic E-state index is 0.476. The van der Waals surface area contributed by atoms with E-state index in [1.165, 1.54) is 13.8 Å². The number of carbonyl (C=O) groups excluding carboxylic acids is 2. The molecule has 1 aliphatic heterocycles. The Bertz CT molecular complexity index is 787. The standard InChI is InChI=1S/C18H20F6N2O6/c1-3-31-13(27)11-10(9-6-5-7-25-8-9)12(14(28)32-4-2)16(30,18(22,23)24)26-15(11,29)17(19,20)21/h5-8,10-12,26,29-30H,3-4H2,1-2H3/t10?,11-,12+,15-,16-/m0/s1. The molecule has 2 rings (SSSR count). The lowest BCUT2D eigenvalue weighted by atomic mass is 9.64. The van der Waals surface area contributed by atoms with Crippen LogP contribution in [0.15, 0.2) is 24.5 Å². The van der Waals surface area contributed by atoms with Crippen molar-refractivity contribution in [3.05, 3.63) is 30.1 Å². The van der Waals surface area contributed by atoms with Gasteiger partial charge in [0.1, 0.15) is 11.8 Å². The molecule has 1 aliphatic rings. The molecule has 1 aromatic rings. The highest BCUT2D eigenvalue weighted by Gasteiger charge is 2.78. The minimum Gasteiger partial charge on any atom is -0.466 e. The summed E-state index contributed by atoms with van der Waals surface area (Å²) in [5, 5.41) is 21.6. The van der Waals surface area contributed by atoms with Crippen LogP contribution < -0.4 is 5.32 Å². The second-order valence-corrected chi connectivity index (χ2v) is 6.92. The molecule has 8 nitrogen and oxygen atoms in total. The number of carbonyl (C=O) groups is 2. The van der Waals surface area contributed by atoms with Gasteiger partial charge in [0.15, 0.2) is 0 Å². The van der Waals surface area contributed by atoms with Gasteiger partial charge in [0.05, 0.1) is 13.2 Å². The first-order chi connectivity index (χ1) is 14.7. The number of nitrogens with one attached hydrogen (secondary N) is 1. The van der Waals surface area contributed by atoms with Crippen LogP contribution in [-0.4, -0.2) is 64.2 Å². The van der Waals surface area contributed by atoms with Crippen molar-refractivity contribution in [2.24, 2.45) is 11.8 Å². The van der Waals surface area contributed by atoms with Crippen molar-refractivity contribution >= 4 is 11.9 Å². The average molecular weight is 474 g/mol. The molecule has 1 aromatic heterocycles. The van der Waals surface area contributed by atoms with Gasteiger partial charge < -0.3 is 19.7 Å². The van der Waals surface area contributed by atoms with Gasteiger partial charge in [0, 0.05) is 18.3 Å². The molecule has 14 heteroatoms. The summed E-state index contributed by atoms with van der Waals surface area (Å²) < 4.78 is 92.8. The first-order valence-electron chi connectivity index (χ1n) is 9.26. The topological polar surface area (TPSA) is 118 Å². The second-order valence-electron chi connectivity index (χ2n) is 6.92. The molecule has 1 saturated heterocycles. The molecule has 32 heavy (non-hydrogen) atoms. The lowest BCUT2D eigenvalue weighted by molar-refractivity contribution is -0.376. The zero-order chi connectivity index (χ0) is 24.5. The SMILES string of the molecule is CCOC(=O)[C@@H]1C(c2cccnc2)[C@H](C(=O)OCC)[C@](O)(C(F)(F)F)N[C@@]1(O)C(F)(F)F. The number of piperidine rings is 1. The monoisotopic (exact) mass is 474 g/mol. The fraction of sp³-hybridized carbons (Fsp3) is 0.611. The maximum Gasteiger partial charge on any atom is 0.432 e. The number of alkyl halides is 6. The van der Waals surface area contributed by atoms with Gasteiger partial charge in [-0.05, 0) is 25.5 Å². The van der Waals surface area contributed by atoms with Gasteiger partial charge in [-0.1, -0.05) is 6.07 Å². The van der Waals surface area contributed by atoms with Crippen LogP contribution in [0.3, 0.4) is 0 Å². The van der Waals surface area contributed by atoms with Crippen LogP contribution in [0.5, 0.6) is 0 Å². The van der Waals surface area contributed by atoms with Gasteiger partial charge in [-0.2, -0.15) is 26.3 Å². The Labute approximate surface area is 177 Å². The number of hydrogen-bond acceptors (Lipinski definition) is 8. The van der Waals surface area contributed by atoms with E-state index in [9.17, 15) is 46.1 Å². The Morgan fingerprint density at radius 3 is 1.75 bits per heavy atom. The maximum atomic E-state index is 13.9. The Morgan fingerprint density at radius 2 is 1.44 bits per heavy atom. The highest BCUT2D eigenvalue weighted by molar-refractivity contribution is 5.81. The third-order valence-electron chi connectivity index (χ3n) is 5.01. The van der Waals surface area contributed by atoms with Crippen molar-refractivity contribution < 1.29 is 55.6 Å². The second kappa shape index (κ2) is 8.83. The van der Waals surface area contributed by atoms with Crippen LogP contribution in [0.2, 0.25) is 0 Å². The molecule has 0 bridgehead atoms. The van der Waals surface area contributed by atoms with Gasteiger partial charge in [-0.3, -0.25) is 14.6 Å². The highest BCUT2D eigenvalue weighted by Crippen LogP contribution is 2.55. The smallest absolute Gasteiger partial charge is 0.432 e. The van der Waals surface area contributed by atoms with Gasteiger partial charge in [-0.15, -0.1) is 0 Å². The summed E-state index contributed by atoms with van der Waals surface area (Å²) in [6.07, 6.45) is -9.91. The number of pyridine rings is 1. The molecule has 3 N–H and O–H groups in total. The zero-order valence-electron chi connectivity index (χ0n) is 16.7. The zero-order valence-corrected chi connectivity index (χ0v) is 16.7. The molecule has 0 aromatic carbocycles. The van der Waals surface area contributed by atoms with Crippen LogP contribution in [0, 0.1) is 11.8 Å². The third kappa shape index (κ3) is 4.26. The quantitative estimate of drug-likeness (QED) is 0.436. The van der Waals surface area contributed by atoms with E-state index in [2.05, 4.69) is 14.5 Å². The number of esters is 2. The van der Waals surface area contributed by atoms with E-state index in [0.717, 1.165) is 24.5 Å². The summed E-state index contributed by atoms with van der Waals surface area (Å²) in [6.45, 7) is 1.46. The summed E-state index contributed by atoms with van der Waals surface area (Å²) in [6, 6.07) is 2.12. The lowest BCUT2D eigenvalue weighted by Gasteiger charge is -2.54. The van der Waals surface area contributed by atoms with Crippen LogP contribution in [0.25, 0.3) is 0 Å². The maximum absolute atomic E-state index is 13.9. The summed E-state index contributed by atoms with van der Waals surface area (Å²) in [5.41, 5.74) is -9.77. The lowest BCUT2D eigenvalue weighted by Crippen LogP contribution is -2.81.